The Morgan fingerprint density at radius 3 is 2.26 bits per heavy atom. The summed E-state index contributed by atoms with van der Waals surface area (Å²) in [4.78, 5) is 14.0. The van der Waals surface area contributed by atoms with Crippen LogP contribution in [0.1, 0.15) is 18.4 Å². The molecule has 1 aliphatic heterocycles. The SMILES string of the molecule is COc1ccc(CCNC(=O)N2CCC(OC)(OC)CC2)cc1. The van der Waals surface area contributed by atoms with Crippen molar-refractivity contribution in [1.82, 2.24) is 10.2 Å². The largest absolute Gasteiger partial charge is 0.497 e. The van der Waals surface area contributed by atoms with Gasteiger partial charge < -0.3 is 24.4 Å². The fraction of sp³-hybridized carbons (Fsp3) is 0.588. The summed E-state index contributed by atoms with van der Waals surface area (Å²) >= 11 is 0. The highest BCUT2D eigenvalue weighted by molar-refractivity contribution is 5.74. The van der Waals surface area contributed by atoms with Crippen LogP contribution in [-0.4, -0.2) is 57.7 Å². The zero-order valence-corrected chi connectivity index (χ0v) is 14.1. The van der Waals surface area contributed by atoms with Gasteiger partial charge in [0.25, 0.3) is 0 Å². The summed E-state index contributed by atoms with van der Waals surface area (Å²) in [5.74, 6) is 0.297. The molecule has 1 aromatic rings. The van der Waals surface area contributed by atoms with E-state index in [1.54, 1.807) is 21.3 Å². The summed E-state index contributed by atoms with van der Waals surface area (Å²) in [6.07, 6.45) is 2.17. The molecule has 128 valence electrons. The van der Waals surface area contributed by atoms with Crippen LogP contribution >= 0.6 is 0 Å². The third-order valence-corrected chi connectivity index (χ3v) is 4.41. The number of benzene rings is 1. The number of amides is 2. The number of piperidine rings is 1. The number of ether oxygens (including phenoxy) is 3. The first-order valence-corrected chi connectivity index (χ1v) is 7.88. The highest BCUT2D eigenvalue weighted by atomic mass is 16.7. The average Bonchev–Trinajstić information content (AvgIpc) is 2.62. The highest BCUT2D eigenvalue weighted by Crippen LogP contribution is 2.26. The third kappa shape index (κ3) is 4.59. The fourth-order valence-corrected chi connectivity index (χ4v) is 2.76. The molecule has 0 radical (unpaired) electrons. The maximum Gasteiger partial charge on any atom is 0.317 e. The molecule has 0 aliphatic carbocycles. The van der Waals surface area contributed by atoms with E-state index in [1.165, 1.54) is 5.56 Å². The van der Waals surface area contributed by atoms with Crippen LogP contribution in [0, 0.1) is 0 Å². The fourth-order valence-electron chi connectivity index (χ4n) is 2.76. The third-order valence-electron chi connectivity index (χ3n) is 4.41. The summed E-state index contributed by atoms with van der Waals surface area (Å²) in [5.41, 5.74) is 1.17. The maximum atomic E-state index is 12.2. The Kier molecular flexibility index (Phi) is 6.24. The standard InChI is InChI=1S/C17H26N2O4/c1-21-15-6-4-14(5-7-15)8-11-18-16(20)19-12-9-17(22-2,23-3)10-13-19/h4-7H,8-13H2,1-3H3,(H,18,20). The summed E-state index contributed by atoms with van der Waals surface area (Å²) in [6, 6.07) is 7.85. The summed E-state index contributed by atoms with van der Waals surface area (Å²) in [7, 11) is 4.94. The molecule has 0 aromatic heterocycles. The lowest BCUT2D eigenvalue weighted by Crippen LogP contribution is -2.51. The summed E-state index contributed by atoms with van der Waals surface area (Å²) in [5, 5.41) is 2.97. The first-order chi connectivity index (χ1) is 11.1. The normalized spacial score (nSPS) is 16.9. The van der Waals surface area contributed by atoms with E-state index >= 15 is 0 Å². The molecule has 1 saturated heterocycles. The van der Waals surface area contributed by atoms with Gasteiger partial charge in [-0.2, -0.15) is 0 Å². The van der Waals surface area contributed by atoms with Crippen molar-refractivity contribution in [3.8, 4) is 5.75 Å². The van der Waals surface area contributed by atoms with Gasteiger partial charge in [0.15, 0.2) is 5.79 Å². The molecule has 6 nitrogen and oxygen atoms in total. The minimum absolute atomic E-state index is 0.0284. The number of carbonyl (C=O) groups is 1. The number of hydrogen-bond acceptors (Lipinski definition) is 4. The lowest BCUT2D eigenvalue weighted by molar-refractivity contribution is -0.226. The number of nitrogens with one attached hydrogen (secondary N) is 1. The van der Waals surface area contributed by atoms with E-state index in [-0.39, 0.29) is 6.03 Å². The van der Waals surface area contributed by atoms with Crippen LogP contribution in [0.25, 0.3) is 0 Å². The molecule has 2 rings (SSSR count). The van der Waals surface area contributed by atoms with Gasteiger partial charge in [-0.3, -0.25) is 0 Å². The number of nitrogens with zero attached hydrogens (tertiary/aromatic N) is 1. The van der Waals surface area contributed by atoms with E-state index in [9.17, 15) is 4.79 Å². The van der Waals surface area contributed by atoms with Crippen molar-refractivity contribution in [3.05, 3.63) is 29.8 Å². The molecule has 23 heavy (non-hydrogen) atoms. The van der Waals surface area contributed by atoms with E-state index in [4.69, 9.17) is 14.2 Å². The minimum atomic E-state index is -0.542. The van der Waals surface area contributed by atoms with Crippen molar-refractivity contribution >= 4 is 6.03 Å². The Morgan fingerprint density at radius 2 is 1.74 bits per heavy atom. The lowest BCUT2D eigenvalue weighted by atomic mass is 10.0. The van der Waals surface area contributed by atoms with Gasteiger partial charge >= 0.3 is 6.03 Å². The summed E-state index contributed by atoms with van der Waals surface area (Å²) < 4.78 is 16.0. The lowest BCUT2D eigenvalue weighted by Gasteiger charge is -2.39. The predicted octanol–water partition coefficient (Wildman–Crippen LogP) is 2.03. The molecule has 0 saturated carbocycles. The molecule has 1 aromatic carbocycles. The van der Waals surface area contributed by atoms with Crippen LogP contribution in [0.15, 0.2) is 24.3 Å². The topological polar surface area (TPSA) is 60.0 Å². The van der Waals surface area contributed by atoms with E-state index in [2.05, 4.69) is 5.32 Å². The number of urea groups is 1. The van der Waals surface area contributed by atoms with Gasteiger partial charge in [0, 0.05) is 46.7 Å². The molecule has 1 N–H and O–H groups in total. The van der Waals surface area contributed by atoms with E-state index in [1.807, 2.05) is 29.2 Å². The molecule has 2 amide bonds. The smallest absolute Gasteiger partial charge is 0.317 e. The first-order valence-electron chi connectivity index (χ1n) is 7.88. The first kappa shape index (κ1) is 17.6. The van der Waals surface area contributed by atoms with Crippen LogP contribution in [0.4, 0.5) is 4.79 Å². The van der Waals surface area contributed by atoms with Crippen molar-refractivity contribution in [1.29, 1.82) is 0 Å². The van der Waals surface area contributed by atoms with Crippen molar-refractivity contribution in [2.24, 2.45) is 0 Å². The number of methoxy groups -OCH3 is 3. The van der Waals surface area contributed by atoms with Gasteiger partial charge in [-0.1, -0.05) is 12.1 Å². The van der Waals surface area contributed by atoms with E-state index in [0.717, 1.165) is 12.2 Å². The second-order valence-corrected chi connectivity index (χ2v) is 5.64. The van der Waals surface area contributed by atoms with Crippen LogP contribution in [0.3, 0.4) is 0 Å². The average molecular weight is 322 g/mol. The second kappa shape index (κ2) is 8.17. The molecule has 0 spiro atoms. The molecule has 0 unspecified atom stereocenters. The Labute approximate surface area is 137 Å². The number of rotatable bonds is 6. The Hall–Kier alpha value is -1.79. The molecular weight excluding hydrogens is 296 g/mol. The molecule has 1 heterocycles. The Bertz CT molecular complexity index is 490. The quantitative estimate of drug-likeness (QED) is 0.814. The van der Waals surface area contributed by atoms with Crippen molar-refractivity contribution in [2.75, 3.05) is 41.0 Å². The van der Waals surface area contributed by atoms with Crippen LogP contribution in [0.5, 0.6) is 5.75 Å². The molecule has 0 bridgehead atoms. The van der Waals surface area contributed by atoms with Gasteiger partial charge in [-0.15, -0.1) is 0 Å². The van der Waals surface area contributed by atoms with Crippen LogP contribution in [-0.2, 0) is 15.9 Å². The number of carbonyl (C=O) groups excluding carboxylic acids is 1. The Morgan fingerprint density at radius 1 is 1.13 bits per heavy atom. The van der Waals surface area contributed by atoms with E-state index in [0.29, 0.717) is 32.5 Å². The zero-order valence-electron chi connectivity index (χ0n) is 14.1. The maximum absolute atomic E-state index is 12.2. The van der Waals surface area contributed by atoms with Crippen molar-refractivity contribution in [2.45, 2.75) is 25.0 Å². The van der Waals surface area contributed by atoms with Crippen molar-refractivity contribution < 1.29 is 19.0 Å². The highest BCUT2D eigenvalue weighted by Gasteiger charge is 2.35. The van der Waals surface area contributed by atoms with Gasteiger partial charge in [0.2, 0.25) is 0 Å². The van der Waals surface area contributed by atoms with Crippen LogP contribution in [0.2, 0.25) is 0 Å². The number of hydrogen-bond donors (Lipinski definition) is 1. The van der Waals surface area contributed by atoms with Gasteiger partial charge in [0.05, 0.1) is 7.11 Å². The zero-order chi connectivity index (χ0) is 16.7. The van der Waals surface area contributed by atoms with Gasteiger partial charge in [-0.05, 0) is 24.1 Å². The molecule has 1 fully saturated rings. The van der Waals surface area contributed by atoms with Crippen molar-refractivity contribution in [3.63, 3.8) is 0 Å². The van der Waals surface area contributed by atoms with E-state index < -0.39 is 5.79 Å². The Balaban J connectivity index is 1.73. The summed E-state index contributed by atoms with van der Waals surface area (Å²) in [6.45, 7) is 1.88. The second-order valence-electron chi connectivity index (χ2n) is 5.64. The number of likely N-dealkylation sites (tertiary alicyclic amines) is 1. The van der Waals surface area contributed by atoms with Crippen LogP contribution < -0.4 is 10.1 Å². The van der Waals surface area contributed by atoms with Gasteiger partial charge in [0.1, 0.15) is 5.75 Å². The monoisotopic (exact) mass is 322 g/mol. The molecule has 1 aliphatic rings. The predicted molar refractivity (Wildman–Crippen MR) is 87.7 cm³/mol. The molecule has 6 heteroatoms. The molecule has 0 atom stereocenters. The minimum Gasteiger partial charge on any atom is -0.497 e. The van der Waals surface area contributed by atoms with Gasteiger partial charge in [-0.25, -0.2) is 4.79 Å². The molecular formula is C17H26N2O4.